The maximum atomic E-state index is 9.65. The molecule has 0 fully saturated rings. The maximum absolute atomic E-state index is 9.65. The topological polar surface area (TPSA) is 40.5 Å². The molecule has 70 valence electrons. The predicted octanol–water partition coefficient (Wildman–Crippen LogP) is 1.47. The third kappa shape index (κ3) is 1.87. The van der Waals surface area contributed by atoms with E-state index >= 15 is 0 Å². The third-order valence-corrected chi connectivity index (χ3v) is 2.67. The molecule has 2 nitrogen and oxygen atoms in total. The molecule has 2 atom stereocenters. The second-order valence-corrected chi connectivity index (χ2v) is 4.20. The molecule has 0 unspecified atom stereocenters. The minimum Gasteiger partial charge on any atom is -0.387 e. The molecule has 0 saturated heterocycles. The number of allylic oxidation sites excluding steroid dienone is 1. The van der Waals surface area contributed by atoms with Gasteiger partial charge < -0.3 is 10.2 Å². The number of rotatable bonds is 1. The van der Waals surface area contributed by atoms with Gasteiger partial charge in [-0.2, -0.15) is 0 Å². The lowest BCUT2D eigenvalue weighted by Crippen LogP contribution is -2.40. The van der Waals surface area contributed by atoms with E-state index < -0.39 is 11.7 Å². The molecule has 0 heterocycles. The predicted molar refractivity (Wildman–Crippen MR) is 48.8 cm³/mol. The van der Waals surface area contributed by atoms with Crippen molar-refractivity contribution < 1.29 is 10.2 Å². The summed E-state index contributed by atoms with van der Waals surface area (Å²) in [5.74, 6) is 0.482. The van der Waals surface area contributed by atoms with Crippen LogP contribution in [0.5, 0.6) is 0 Å². The summed E-state index contributed by atoms with van der Waals surface area (Å²) in [6.07, 6.45) is 2.68. The van der Waals surface area contributed by atoms with Crippen LogP contribution in [-0.4, -0.2) is 21.9 Å². The summed E-state index contributed by atoms with van der Waals surface area (Å²) < 4.78 is 0. The van der Waals surface area contributed by atoms with Crippen LogP contribution in [0.4, 0.5) is 0 Å². The molecule has 1 aliphatic rings. The van der Waals surface area contributed by atoms with Crippen LogP contribution in [0, 0.1) is 5.92 Å². The number of hydrogen-bond donors (Lipinski definition) is 2. The third-order valence-electron chi connectivity index (χ3n) is 2.67. The Bertz CT molecular complexity index is 192. The van der Waals surface area contributed by atoms with Crippen molar-refractivity contribution >= 4 is 0 Å². The van der Waals surface area contributed by atoms with Crippen LogP contribution < -0.4 is 0 Å². The molecule has 2 N–H and O–H groups in total. The smallest absolute Gasteiger partial charge is 0.101 e. The first kappa shape index (κ1) is 9.75. The van der Waals surface area contributed by atoms with E-state index in [2.05, 4.69) is 13.8 Å². The summed E-state index contributed by atoms with van der Waals surface area (Å²) in [4.78, 5) is 0. The fraction of sp³-hybridized carbons (Fsp3) is 0.800. The summed E-state index contributed by atoms with van der Waals surface area (Å²) in [5.41, 5.74) is 0.340. The summed E-state index contributed by atoms with van der Waals surface area (Å²) >= 11 is 0. The molecule has 0 aromatic carbocycles. The first-order valence-corrected chi connectivity index (χ1v) is 4.54. The fourth-order valence-electron chi connectivity index (χ4n) is 1.49. The van der Waals surface area contributed by atoms with E-state index in [-0.39, 0.29) is 0 Å². The van der Waals surface area contributed by atoms with E-state index in [1.54, 1.807) is 13.0 Å². The highest BCUT2D eigenvalue weighted by Crippen LogP contribution is 2.30. The van der Waals surface area contributed by atoms with Crippen LogP contribution in [0.1, 0.15) is 33.6 Å². The van der Waals surface area contributed by atoms with Crippen molar-refractivity contribution in [2.75, 3.05) is 0 Å². The highest BCUT2D eigenvalue weighted by Gasteiger charge is 2.32. The van der Waals surface area contributed by atoms with E-state index in [0.29, 0.717) is 12.3 Å². The molecular formula is C10H18O2. The van der Waals surface area contributed by atoms with Crippen LogP contribution in [0.3, 0.4) is 0 Å². The van der Waals surface area contributed by atoms with Gasteiger partial charge in [0.25, 0.3) is 0 Å². The number of aliphatic hydroxyl groups is 2. The molecule has 0 spiro atoms. The zero-order valence-corrected chi connectivity index (χ0v) is 8.04. The standard InChI is InChI=1S/C10H18O2/c1-7(2)8-4-5-10(3,12)9(11)6-8/h6-7,9,11-12H,4-5H2,1-3H3/t9-,10-/m1/s1. The Morgan fingerprint density at radius 3 is 2.58 bits per heavy atom. The Hall–Kier alpha value is -0.340. The van der Waals surface area contributed by atoms with Gasteiger partial charge in [0.1, 0.15) is 6.10 Å². The van der Waals surface area contributed by atoms with E-state index in [4.69, 9.17) is 0 Å². The van der Waals surface area contributed by atoms with Gasteiger partial charge in [0.15, 0.2) is 0 Å². The molecule has 1 aliphatic carbocycles. The molecule has 0 saturated carbocycles. The van der Waals surface area contributed by atoms with Gasteiger partial charge in [0.2, 0.25) is 0 Å². The molecule has 12 heavy (non-hydrogen) atoms. The van der Waals surface area contributed by atoms with Gasteiger partial charge >= 0.3 is 0 Å². The lowest BCUT2D eigenvalue weighted by atomic mass is 9.81. The van der Waals surface area contributed by atoms with Crippen LogP contribution in [0.15, 0.2) is 11.6 Å². The largest absolute Gasteiger partial charge is 0.387 e. The van der Waals surface area contributed by atoms with Gasteiger partial charge in [-0.25, -0.2) is 0 Å². The minimum atomic E-state index is -0.918. The van der Waals surface area contributed by atoms with Crippen molar-refractivity contribution in [3.63, 3.8) is 0 Å². The normalized spacial score (nSPS) is 36.8. The van der Waals surface area contributed by atoms with Crippen LogP contribution in [-0.2, 0) is 0 Å². The van der Waals surface area contributed by atoms with E-state index in [1.807, 2.05) is 0 Å². The first-order chi connectivity index (χ1) is 5.43. The average Bonchev–Trinajstić information content (AvgIpc) is 1.94. The minimum absolute atomic E-state index is 0.482. The lowest BCUT2D eigenvalue weighted by Gasteiger charge is -2.33. The Labute approximate surface area is 73.9 Å². The molecule has 0 amide bonds. The SMILES string of the molecule is CC(C)C1=C[C@@H](O)[C@](C)(O)CC1. The molecule has 0 aromatic rings. The molecule has 2 heteroatoms. The van der Waals surface area contributed by atoms with Gasteiger partial charge in [0, 0.05) is 0 Å². The van der Waals surface area contributed by atoms with E-state index in [9.17, 15) is 10.2 Å². The first-order valence-electron chi connectivity index (χ1n) is 4.54. The van der Waals surface area contributed by atoms with Crippen molar-refractivity contribution in [2.45, 2.75) is 45.3 Å². The molecule has 0 aliphatic heterocycles. The van der Waals surface area contributed by atoms with Crippen molar-refractivity contribution in [1.82, 2.24) is 0 Å². The quantitative estimate of drug-likeness (QED) is 0.585. The Morgan fingerprint density at radius 2 is 2.17 bits per heavy atom. The average molecular weight is 170 g/mol. The lowest BCUT2D eigenvalue weighted by molar-refractivity contribution is -0.0494. The Morgan fingerprint density at radius 1 is 1.58 bits per heavy atom. The number of hydrogen-bond acceptors (Lipinski definition) is 2. The zero-order chi connectivity index (χ0) is 9.35. The van der Waals surface area contributed by atoms with Crippen molar-refractivity contribution in [3.8, 4) is 0 Å². The molecule has 1 rings (SSSR count). The molecule has 0 radical (unpaired) electrons. The monoisotopic (exact) mass is 170 g/mol. The van der Waals surface area contributed by atoms with Crippen molar-refractivity contribution in [3.05, 3.63) is 11.6 Å². The van der Waals surface area contributed by atoms with Crippen LogP contribution >= 0.6 is 0 Å². The highest BCUT2D eigenvalue weighted by molar-refractivity contribution is 5.16. The number of aliphatic hydroxyl groups excluding tert-OH is 1. The van der Waals surface area contributed by atoms with E-state index in [0.717, 1.165) is 6.42 Å². The summed E-state index contributed by atoms with van der Waals surface area (Å²) in [6, 6.07) is 0. The second kappa shape index (κ2) is 3.19. The second-order valence-electron chi connectivity index (χ2n) is 4.20. The van der Waals surface area contributed by atoms with Gasteiger partial charge in [-0.15, -0.1) is 0 Å². The summed E-state index contributed by atoms with van der Waals surface area (Å²) in [5, 5.41) is 19.2. The molecule has 0 bridgehead atoms. The van der Waals surface area contributed by atoms with E-state index in [1.165, 1.54) is 5.57 Å². The zero-order valence-electron chi connectivity index (χ0n) is 8.04. The van der Waals surface area contributed by atoms with Crippen molar-refractivity contribution in [2.24, 2.45) is 5.92 Å². The van der Waals surface area contributed by atoms with Gasteiger partial charge in [0.05, 0.1) is 5.60 Å². The van der Waals surface area contributed by atoms with Gasteiger partial charge in [-0.3, -0.25) is 0 Å². The van der Waals surface area contributed by atoms with Gasteiger partial charge in [-0.05, 0) is 25.7 Å². The molecular weight excluding hydrogens is 152 g/mol. The van der Waals surface area contributed by atoms with Crippen LogP contribution in [0.25, 0.3) is 0 Å². The summed E-state index contributed by atoms with van der Waals surface area (Å²) in [6.45, 7) is 5.91. The Balaban J connectivity index is 2.75. The van der Waals surface area contributed by atoms with Gasteiger partial charge in [-0.1, -0.05) is 25.5 Å². The maximum Gasteiger partial charge on any atom is 0.101 e. The fourth-order valence-corrected chi connectivity index (χ4v) is 1.49. The summed E-state index contributed by atoms with van der Waals surface area (Å²) in [7, 11) is 0. The van der Waals surface area contributed by atoms with Crippen LogP contribution in [0.2, 0.25) is 0 Å². The highest BCUT2D eigenvalue weighted by atomic mass is 16.3. The molecule has 0 aromatic heterocycles. The Kier molecular flexibility index (Phi) is 2.59. The van der Waals surface area contributed by atoms with Crippen molar-refractivity contribution in [1.29, 1.82) is 0 Å².